The van der Waals surface area contributed by atoms with Gasteiger partial charge >= 0.3 is 6.09 Å². The fourth-order valence-corrected chi connectivity index (χ4v) is 7.15. The summed E-state index contributed by atoms with van der Waals surface area (Å²) < 4.78 is 33.2. The molecule has 5 rings (SSSR count). The number of nitrogens with one attached hydrogen (secondary N) is 2. The molecule has 2 fully saturated rings. The van der Waals surface area contributed by atoms with Crippen molar-refractivity contribution in [1.29, 1.82) is 0 Å². The predicted octanol–water partition coefficient (Wildman–Crippen LogP) is 3.15. The zero-order valence-corrected chi connectivity index (χ0v) is 24.9. The molecule has 12 heteroatoms. The van der Waals surface area contributed by atoms with Gasteiger partial charge in [-0.1, -0.05) is 12.1 Å². The van der Waals surface area contributed by atoms with Gasteiger partial charge in [0.15, 0.2) is 0 Å². The molecule has 11 nitrogen and oxygen atoms in total. The number of carbonyl (C=O) groups is 2. The van der Waals surface area contributed by atoms with Crippen LogP contribution in [0.1, 0.15) is 59.3 Å². The van der Waals surface area contributed by atoms with Crippen molar-refractivity contribution in [1.82, 2.24) is 14.6 Å². The summed E-state index contributed by atoms with van der Waals surface area (Å²) in [6, 6.07) is 4.64. The first-order chi connectivity index (χ1) is 19.4. The third-order valence-corrected chi connectivity index (χ3v) is 9.75. The van der Waals surface area contributed by atoms with Crippen molar-refractivity contribution >= 4 is 33.7 Å². The van der Waals surface area contributed by atoms with Crippen LogP contribution < -0.4 is 14.9 Å². The Morgan fingerprint density at radius 3 is 2.73 bits per heavy atom. The van der Waals surface area contributed by atoms with Gasteiger partial charge in [0.1, 0.15) is 17.2 Å². The number of ether oxygens (including phenoxy) is 1. The quantitative estimate of drug-likeness (QED) is 0.488. The minimum absolute atomic E-state index is 0.284. The number of aliphatic hydroxyl groups is 1. The molecule has 2 unspecified atom stereocenters. The van der Waals surface area contributed by atoms with E-state index in [2.05, 4.69) is 19.9 Å². The van der Waals surface area contributed by atoms with Gasteiger partial charge in [-0.2, -0.15) is 0 Å². The molecule has 224 valence electrons. The minimum Gasteiger partial charge on any atom is -0.443 e. The standard InChI is InChI=1S/C29H41N5O6S/c1-28(2,3)40-27(37)34-14-5-6-20-19-33(15-13-29(20)11-12-29)23-18-21(32-41(38,39)17-16-35)9-10-22(23)26(36)31-24-7-4-8-25(34)30-24/h4,7-8,10,18,20-21,32,35H,5-6,9,11-17,19H2,1-3H3,(H,30,31,36). The van der Waals surface area contributed by atoms with Gasteiger partial charge in [0.25, 0.3) is 5.91 Å². The molecule has 1 saturated heterocycles. The van der Waals surface area contributed by atoms with Crippen molar-refractivity contribution in [2.45, 2.75) is 70.9 Å². The Bertz CT molecular complexity index is 1350. The SMILES string of the molecule is CC(C)(C)OC(=O)N1CCCC2CN(CCC23CC3)C2=CC(NS(=O)(=O)CCO)CC=C2C(=O)Nc2cccc1n2. The van der Waals surface area contributed by atoms with Crippen LogP contribution in [0.25, 0.3) is 0 Å². The van der Waals surface area contributed by atoms with E-state index in [9.17, 15) is 18.0 Å². The molecular formula is C29H41N5O6S. The molecule has 0 aromatic carbocycles. The second-order valence-electron chi connectivity index (χ2n) is 12.5. The normalized spacial score (nSPS) is 24.4. The van der Waals surface area contributed by atoms with Gasteiger partial charge in [0.05, 0.1) is 17.9 Å². The van der Waals surface area contributed by atoms with E-state index in [-0.39, 0.29) is 17.1 Å². The Labute approximate surface area is 242 Å². The van der Waals surface area contributed by atoms with Crippen LogP contribution in [0, 0.1) is 11.3 Å². The molecule has 3 heterocycles. The molecule has 2 atom stereocenters. The number of rotatable bonds is 4. The Kier molecular flexibility index (Phi) is 8.19. The molecule has 4 bridgehead atoms. The maximum absolute atomic E-state index is 13.7. The van der Waals surface area contributed by atoms with E-state index < -0.39 is 34.4 Å². The van der Waals surface area contributed by atoms with E-state index in [1.54, 1.807) is 29.2 Å². The van der Waals surface area contributed by atoms with E-state index >= 15 is 0 Å². The molecule has 1 saturated carbocycles. The van der Waals surface area contributed by atoms with Crippen LogP contribution >= 0.6 is 0 Å². The summed E-state index contributed by atoms with van der Waals surface area (Å²) in [5.74, 6) is 0.364. The second kappa shape index (κ2) is 11.4. The second-order valence-corrected chi connectivity index (χ2v) is 14.4. The lowest BCUT2D eigenvalue weighted by Gasteiger charge is -2.43. The van der Waals surface area contributed by atoms with E-state index in [1.165, 1.54) is 12.8 Å². The molecule has 3 N–H and O–H groups in total. The van der Waals surface area contributed by atoms with Gasteiger partial charge in [-0.3, -0.25) is 9.69 Å². The highest BCUT2D eigenvalue weighted by atomic mass is 32.2. The zero-order valence-electron chi connectivity index (χ0n) is 24.1. The number of piperidine rings is 1. The number of aliphatic hydroxyl groups excluding tert-OH is 1. The number of aromatic nitrogens is 1. The summed E-state index contributed by atoms with van der Waals surface area (Å²) in [6.07, 6.45) is 8.47. The lowest BCUT2D eigenvalue weighted by molar-refractivity contribution is -0.112. The first-order valence-electron chi connectivity index (χ1n) is 14.5. The average molecular weight is 588 g/mol. The maximum atomic E-state index is 13.7. The molecule has 1 spiro atoms. The van der Waals surface area contributed by atoms with Gasteiger partial charge in [-0.25, -0.2) is 22.9 Å². The number of pyridine rings is 1. The minimum atomic E-state index is -3.67. The van der Waals surface area contributed by atoms with Gasteiger partial charge < -0.3 is 20.1 Å². The van der Waals surface area contributed by atoms with Crippen LogP contribution in [0.2, 0.25) is 0 Å². The van der Waals surface area contributed by atoms with E-state index in [1.807, 2.05) is 26.8 Å². The maximum Gasteiger partial charge on any atom is 0.416 e. The third-order valence-electron chi connectivity index (χ3n) is 8.37. The van der Waals surface area contributed by atoms with Crippen LogP contribution in [0.3, 0.4) is 0 Å². The largest absolute Gasteiger partial charge is 0.443 e. The highest BCUT2D eigenvalue weighted by Crippen LogP contribution is 2.58. The van der Waals surface area contributed by atoms with Crippen LogP contribution in [0.4, 0.5) is 16.4 Å². The van der Waals surface area contributed by atoms with Crippen molar-refractivity contribution in [2.75, 3.05) is 42.2 Å². The van der Waals surface area contributed by atoms with Crippen LogP contribution in [0.15, 0.2) is 41.6 Å². The van der Waals surface area contributed by atoms with Crippen LogP contribution in [0.5, 0.6) is 0 Å². The summed E-state index contributed by atoms with van der Waals surface area (Å²) in [4.78, 5) is 35.3. The lowest BCUT2D eigenvalue weighted by atomic mass is 9.78. The number of sulfonamides is 1. The number of fused-ring (bicyclic) bond motifs is 7. The number of hydrogen-bond acceptors (Lipinski definition) is 8. The third kappa shape index (κ3) is 6.92. The molecule has 2 aliphatic carbocycles. The Morgan fingerprint density at radius 2 is 2.02 bits per heavy atom. The zero-order chi connectivity index (χ0) is 29.4. The Hall–Kier alpha value is -2.96. The summed E-state index contributed by atoms with van der Waals surface area (Å²) in [5.41, 5.74) is 0.812. The fraction of sp³-hybridized carbons (Fsp3) is 0.621. The number of hydrogen-bond donors (Lipinski definition) is 3. The molecule has 1 aromatic rings. The first-order valence-corrected chi connectivity index (χ1v) is 16.1. The molecule has 0 radical (unpaired) electrons. The number of nitrogens with zero attached hydrogens (tertiary/aromatic N) is 3. The molecule has 4 aliphatic rings. The topological polar surface area (TPSA) is 141 Å². The van der Waals surface area contributed by atoms with E-state index in [0.29, 0.717) is 36.1 Å². The highest BCUT2D eigenvalue weighted by Gasteiger charge is 2.51. The molecule has 2 amide bonds. The summed E-state index contributed by atoms with van der Waals surface area (Å²) in [5, 5.41) is 12.0. The van der Waals surface area contributed by atoms with Crippen LogP contribution in [-0.2, 0) is 19.6 Å². The Balaban J connectivity index is 1.49. The number of amides is 2. The summed E-state index contributed by atoms with van der Waals surface area (Å²) in [6.45, 7) is 7.00. The molecular weight excluding hydrogens is 546 g/mol. The predicted molar refractivity (Wildman–Crippen MR) is 156 cm³/mol. The van der Waals surface area contributed by atoms with Crippen molar-refractivity contribution < 1.29 is 27.9 Å². The van der Waals surface area contributed by atoms with Gasteiger partial charge in [-0.05, 0) is 88.8 Å². The monoisotopic (exact) mass is 587 g/mol. The van der Waals surface area contributed by atoms with Gasteiger partial charge in [0.2, 0.25) is 10.0 Å². The number of carbonyl (C=O) groups excluding carboxylic acids is 2. The van der Waals surface area contributed by atoms with Crippen molar-refractivity contribution in [3.05, 3.63) is 41.6 Å². The van der Waals surface area contributed by atoms with Crippen molar-refractivity contribution in [3.8, 4) is 0 Å². The summed E-state index contributed by atoms with van der Waals surface area (Å²) in [7, 11) is -3.67. The average Bonchev–Trinajstić information content (AvgIpc) is 3.66. The Morgan fingerprint density at radius 1 is 1.24 bits per heavy atom. The molecule has 1 aromatic heterocycles. The van der Waals surface area contributed by atoms with E-state index in [0.717, 1.165) is 38.0 Å². The van der Waals surface area contributed by atoms with Crippen molar-refractivity contribution in [2.24, 2.45) is 11.3 Å². The first kappa shape index (κ1) is 29.5. The van der Waals surface area contributed by atoms with Gasteiger partial charge in [0, 0.05) is 31.4 Å². The van der Waals surface area contributed by atoms with Crippen LogP contribution in [-0.4, -0.2) is 79.0 Å². The number of anilines is 2. The fourth-order valence-electron chi connectivity index (χ4n) is 6.16. The van der Waals surface area contributed by atoms with E-state index in [4.69, 9.17) is 9.84 Å². The molecule has 41 heavy (non-hydrogen) atoms. The van der Waals surface area contributed by atoms with Gasteiger partial charge in [-0.15, -0.1) is 0 Å². The van der Waals surface area contributed by atoms with Crippen molar-refractivity contribution in [3.63, 3.8) is 0 Å². The lowest BCUT2D eigenvalue weighted by Crippen LogP contribution is -2.45. The molecule has 2 aliphatic heterocycles. The highest BCUT2D eigenvalue weighted by molar-refractivity contribution is 7.89. The smallest absolute Gasteiger partial charge is 0.416 e. The summed E-state index contributed by atoms with van der Waals surface area (Å²) >= 11 is 0.